The zero-order valence-electron chi connectivity index (χ0n) is 13.3. The van der Waals surface area contributed by atoms with Gasteiger partial charge in [-0.15, -0.1) is 0 Å². The van der Waals surface area contributed by atoms with Gasteiger partial charge in [-0.3, -0.25) is 4.79 Å². The molecule has 0 aromatic carbocycles. The summed E-state index contributed by atoms with van der Waals surface area (Å²) in [6.07, 6.45) is 9.00. The van der Waals surface area contributed by atoms with Crippen LogP contribution in [0.2, 0.25) is 0 Å². The zero-order valence-corrected chi connectivity index (χ0v) is 13.3. The number of hydrogen-bond donors (Lipinski definition) is 1. The molecule has 0 atom stereocenters. The number of rotatable bonds is 4. The molecule has 0 radical (unpaired) electrons. The topological polar surface area (TPSA) is 87.1 Å². The Kier molecular flexibility index (Phi) is 3.94. The molecule has 1 amide bonds. The third-order valence-corrected chi connectivity index (χ3v) is 4.21. The number of anilines is 2. The van der Waals surface area contributed by atoms with Gasteiger partial charge in [0.2, 0.25) is 11.9 Å². The van der Waals surface area contributed by atoms with Crippen LogP contribution in [-0.4, -0.2) is 63.0 Å². The summed E-state index contributed by atoms with van der Waals surface area (Å²) in [4.78, 5) is 33.5. The standard InChI is InChI=1S/C16H19N7O/c24-14(12-10-19-15(20-11-12)21-13-2-3-13)22-6-8-23(9-7-22)16-17-4-1-5-18-16/h1,4-5,10-11,13H,2-3,6-9H2,(H,19,20,21). The molecule has 124 valence electrons. The maximum Gasteiger partial charge on any atom is 0.257 e. The molecule has 8 nitrogen and oxygen atoms in total. The number of nitrogens with zero attached hydrogens (tertiary/aromatic N) is 6. The minimum atomic E-state index is -0.0263. The van der Waals surface area contributed by atoms with Gasteiger partial charge in [-0.25, -0.2) is 19.9 Å². The van der Waals surface area contributed by atoms with E-state index in [1.54, 1.807) is 30.9 Å². The molecule has 0 bridgehead atoms. The van der Waals surface area contributed by atoms with Crippen LogP contribution in [0, 0.1) is 0 Å². The second kappa shape index (κ2) is 6.38. The Morgan fingerprint density at radius 1 is 1.00 bits per heavy atom. The zero-order chi connectivity index (χ0) is 16.4. The number of carbonyl (C=O) groups excluding carboxylic acids is 1. The van der Waals surface area contributed by atoms with E-state index in [2.05, 4.69) is 30.2 Å². The fourth-order valence-electron chi connectivity index (χ4n) is 2.67. The molecule has 0 spiro atoms. The van der Waals surface area contributed by atoms with E-state index in [0.29, 0.717) is 36.6 Å². The van der Waals surface area contributed by atoms with Gasteiger partial charge in [-0.2, -0.15) is 0 Å². The third kappa shape index (κ3) is 3.27. The first-order valence-electron chi connectivity index (χ1n) is 8.19. The predicted octanol–water partition coefficient (Wildman–Crippen LogP) is 0.803. The Bertz CT molecular complexity index is 694. The fraction of sp³-hybridized carbons (Fsp3) is 0.438. The van der Waals surface area contributed by atoms with Crippen LogP contribution >= 0.6 is 0 Å². The molecule has 4 rings (SSSR count). The maximum atomic E-state index is 12.6. The highest BCUT2D eigenvalue weighted by atomic mass is 16.2. The van der Waals surface area contributed by atoms with E-state index in [9.17, 15) is 4.79 Å². The molecule has 24 heavy (non-hydrogen) atoms. The van der Waals surface area contributed by atoms with Crippen LogP contribution in [0.25, 0.3) is 0 Å². The minimum Gasteiger partial charge on any atom is -0.351 e. The summed E-state index contributed by atoms with van der Waals surface area (Å²) >= 11 is 0. The quantitative estimate of drug-likeness (QED) is 0.890. The Labute approximate surface area is 140 Å². The van der Waals surface area contributed by atoms with Gasteiger partial charge in [0, 0.05) is 57.0 Å². The molecule has 1 N–H and O–H groups in total. The Morgan fingerprint density at radius 3 is 2.29 bits per heavy atom. The summed E-state index contributed by atoms with van der Waals surface area (Å²) < 4.78 is 0. The Balaban J connectivity index is 1.35. The first-order valence-corrected chi connectivity index (χ1v) is 8.19. The molecule has 8 heteroatoms. The molecule has 0 unspecified atom stereocenters. The van der Waals surface area contributed by atoms with Crippen LogP contribution in [0.5, 0.6) is 0 Å². The summed E-state index contributed by atoms with van der Waals surface area (Å²) in [5.41, 5.74) is 0.528. The first-order chi connectivity index (χ1) is 11.8. The van der Waals surface area contributed by atoms with Crippen molar-refractivity contribution in [2.45, 2.75) is 18.9 Å². The number of carbonyl (C=O) groups is 1. The van der Waals surface area contributed by atoms with E-state index < -0.39 is 0 Å². The molecule has 1 aliphatic carbocycles. The second-order valence-corrected chi connectivity index (χ2v) is 6.04. The molecule has 2 fully saturated rings. The minimum absolute atomic E-state index is 0.0263. The number of piperazine rings is 1. The summed E-state index contributed by atoms with van der Waals surface area (Å²) in [6.45, 7) is 2.72. The molecule has 2 aromatic rings. The van der Waals surface area contributed by atoms with Crippen molar-refractivity contribution in [3.63, 3.8) is 0 Å². The average molecular weight is 325 g/mol. The number of aromatic nitrogens is 4. The number of nitrogens with one attached hydrogen (secondary N) is 1. The summed E-state index contributed by atoms with van der Waals surface area (Å²) in [6, 6.07) is 2.30. The van der Waals surface area contributed by atoms with E-state index in [1.165, 1.54) is 12.8 Å². The molecular formula is C16H19N7O. The lowest BCUT2D eigenvalue weighted by atomic mass is 10.2. The third-order valence-electron chi connectivity index (χ3n) is 4.21. The molecule has 2 aliphatic rings. The fourth-order valence-corrected chi connectivity index (χ4v) is 2.67. The highest BCUT2D eigenvalue weighted by Crippen LogP contribution is 2.22. The van der Waals surface area contributed by atoms with E-state index in [-0.39, 0.29) is 5.91 Å². The van der Waals surface area contributed by atoms with Gasteiger partial charge in [0.15, 0.2) is 0 Å². The maximum absolute atomic E-state index is 12.6. The molecule has 3 heterocycles. The lowest BCUT2D eigenvalue weighted by Gasteiger charge is -2.34. The smallest absolute Gasteiger partial charge is 0.257 e. The highest BCUT2D eigenvalue weighted by Gasteiger charge is 2.25. The normalized spacial score (nSPS) is 17.7. The van der Waals surface area contributed by atoms with Gasteiger partial charge in [0.25, 0.3) is 5.91 Å². The molecule has 1 aliphatic heterocycles. The van der Waals surface area contributed by atoms with Gasteiger partial charge in [0.1, 0.15) is 0 Å². The van der Waals surface area contributed by atoms with Crippen molar-refractivity contribution in [3.8, 4) is 0 Å². The molecular weight excluding hydrogens is 306 g/mol. The van der Waals surface area contributed by atoms with E-state index in [0.717, 1.165) is 13.1 Å². The number of hydrogen-bond acceptors (Lipinski definition) is 7. The summed E-state index contributed by atoms with van der Waals surface area (Å²) in [5.74, 6) is 1.28. The van der Waals surface area contributed by atoms with Crippen molar-refractivity contribution in [2.75, 3.05) is 36.4 Å². The van der Waals surface area contributed by atoms with Crippen LogP contribution in [0.1, 0.15) is 23.2 Å². The van der Waals surface area contributed by atoms with Crippen molar-refractivity contribution in [1.29, 1.82) is 0 Å². The van der Waals surface area contributed by atoms with Gasteiger partial charge in [0.05, 0.1) is 5.56 Å². The van der Waals surface area contributed by atoms with Crippen molar-refractivity contribution >= 4 is 17.8 Å². The molecule has 1 saturated carbocycles. The van der Waals surface area contributed by atoms with Gasteiger partial charge in [-0.1, -0.05) is 0 Å². The highest BCUT2D eigenvalue weighted by molar-refractivity contribution is 5.93. The predicted molar refractivity (Wildman–Crippen MR) is 88.8 cm³/mol. The van der Waals surface area contributed by atoms with Crippen molar-refractivity contribution < 1.29 is 4.79 Å². The Hall–Kier alpha value is -2.77. The van der Waals surface area contributed by atoms with Crippen LogP contribution < -0.4 is 10.2 Å². The molecule has 2 aromatic heterocycles. The Morgan fingerprint density at radius 2 is 1.67 bits per heavy atom. The number of amides is 1. The largest absolute Gasteiger partial charge is 0.351 e. The van der Waals surface area contributed by atoms with Crippen molar-refractivity contribution in [3.05, 3.63) is 36.4 Å². The second-order valence-electron chi connectivity index (χ2n) is 6.04. The summed E-state index contributed by atoms with van der Waals surface area (Å²) in [5, 5.41) is 3.22. The van der Waals surface area contributed by atoms with Crippen LogP contribution in [-0.2, 0) is 0 Å². The average Bonchev–Trinajstić information content (AvgIpc) is 3.47. The monoisotopic (exact) mass is 325 g/mol. The lowest BCUT2D eigenvalue weighted by Crippen LogP contribution is -2.49. The van der Waals surface area contributed by atoms with Crippen molar-refractivity contribution in [2.24, 2.45) is 0 Å². The van der Waals surface area contributed by atoms with Crippen LogP contribution in [0.15, 0.2) is 30.9 Å². The van der Waals surface area contributed by atoms with Gasteiger partial charge in [-0.05, 0) is 18.9 Å². The lowest BCUT2D eigenvalue weighted by molar-refractivity contribution is 0.0745. The van der Waals surface area contributed by atoms with E-state index in [1.807, 2.05) is 4.90 Å². The summed E-state index contributed by atoms with van der Waals surface area (Å²) in [7, 11) is 0. The van der Waals surface area contributed by atoms with Crippen molar-refractivity contribution in [1.82, 2.24) is 24.8 Å². The van der Waals surface area contributed by atoms with E-state index in [4.69, 9.17) is 0 Å². The van der Waals surface area contributed by atoms with Crippen LogP contribution in [0.4, 0.5) is 11.9 Å². The van der Waals surface area contributed by atoms with E-state index >= 15 is 0 Å². The van der Waals surface area contributed by atoms with Gasteiger partial charge < -0.3 is 15.1 Å². The SMILES string of the molecule is O=C(c1cnc(NC2CC2)nc1)N1CCN(c2ncccn2)CC1. The molecule has 1 saturated heterocycles. The van der Waals surface area contributed by atoms with Gasteiger partial charge >= 0.3 is 0 Å². The van der Waals surface area contributed by atoms with Crippen LogP contribution in [0.3, 0.4) is 0 Å². The first kappa shape index (κ1) is 14.8.